The number of para-hydroxylation sites is 2. The topological polar surface area (TPSA) is 60.1 Å². The van der Waals surface area contributed by atoms with Gasteiger partial charge in [-0.3, -0.25) is 4.98 Å². The van der Waals surface area contributed by atoms with Crippen LogP contribution in [0.2, 0.25) is 0 Å². The van der Waals surface area contributed by atoms with E-state index in [0.717, 1.165) is 72.6 Å². The van der Waals surface area contributed by atoms with Crippen LogP contribution in [0.5, 0.6) is 0 Å². The summed E-state index contributed by atoms with van der Waals surface area (Å²) >= 11 is 0. The Morgan fingerprint density at radius 3 is 2.71 bits per heavy atom. The molecule has 28 heavy (non-hydrogen) atoms. The fourth-order valence-electron chi connectivity index (χ4n) is 3.99. The van der Waals surface area contributed by atoms with Crippen molar-refractivity contribution in [2.45, 2.75) is 33.6 Å². The van der Waals surface area contributed by atoms with Gasteiger partial charge in [-0.2, -0.15) is 9.66 Å². The van der Waals surface area contributed by atoms with Gasteiger partial charge in [-0.05, 0) is 44.9 Å². The normalized spacial score (nSPS) is 11.2. The van der Waals surface area contributed by atoms with E-state index in [1.807, 2.05) is 25.1 Å². The van der Waals surface area contributed by atoms with Crippen LogP contribution in [0.1, 0.15) is 37.0 Å². The van der Waals surface area contributed by atoms with Gasteiger partial charge in [-0.1, -0.05) is 18.2 Å². The zero-order valence-electron chi connectivity index (χ0n) is 17.2. The first-order valence-corrected chi connectivity index (χ1v) is 10.2. The van der Waals surface area contributed by atoms with Crippen molar-refractivity contribution in [1.82, 2.24) is 4.98 Å². The maximum absolute atomic E-state index is 9.82. The number of nitrogens with zero attached hydrogens (tertiary/aromatic N) is 2. The molecule has 0 saturated heterocycles. The van der Waals surface area contributed by atoms with Crippen molar-refractivity contribution in [3.05, 3.63) is 53.6 Å². The van der Waals surface area contributed by atoms with E-state index in [9.17, 15) is 5.26 Å². The summed E-state index contributed by atoms with van der Waals surface area (Å²) in [6, 6.07) is 10.6. The van der Waals surface area contributed by atoms with Gasteiger partial charge in [0.1, 0.15) is 22.7 Å². The summed E-state index contributed by atoms with van der Waals surface area (Å²) in [6.45, 7) is 14.8. The molecule has 0 unspecified atom stereocenters. The Labute approximate surface area is 167 Å². The molecule has 0 saturated carbocycles. The fraction of sp³-hybridized carbons (Fsp3) is 0.391. The second-order valence-electron chi connectivity index (χ2n) is 7.25. The SMILES string of the molecule is C=CCc1c(C)c(C#N)c2[nH]c3ccccc3[n+]2c1NCCC[NH+](CC)CC. The number of rotatable bonds is 9. The predicted octanol–water partition coefficient (Wildman–Crippen LogP) is 2.54. The molecule has 1 aromatic carbocycles. The van der Waals surface area contributed by atoms with E-state index in [0.29, 0.717) is 5.56 Å². The number of nitriles is 1. The maximum Gasteiger partial charge on any atom is 0.250 e. The molecule has 0 aliphatic heterocycles. The van der Waals surface area contributed by atoms with Gasteiger partial charge in [0.25, 0.3) is 0 Å². The van der Waals surface area contributed by atoms with Gasteiger partial charge in [0.05, 0.1) is 26.2 Å². The zero-order valence-corrected chi connectivity index (χ0v) is 17.2. The molecule has 5 nitrogen and oxygen atoms in total. The number of pyridine rings is 1. The van der Waals surface area contributed by atoms with Gasteiger partial charge < -0.3 is 10.2 Å². The van der Waals surface area contributed by atoms with Crippen LogP contribution >= 0.6 is 0 Å². The average molecular weight is 378 g/mol. The van der Waals surface area contributed by atoms with Crippen LogP contribution in [0, 0.1) is 18.3 Å². The Balaban J connectivity index is 2.09. The number of imidazole rings is 1. The van der Waals surface area contributed by atoms with Crippen molar-refractivity contribution in [1.29, 1.82) is 5.26 Å². The van der Waals surface area contributed by atoms with Crippen molar-refractivity contribution < 1.29 is 9.30 Å². The zero-order chi connectivity index (χ0) is 20.1. The van der Waals surface area contributed by atoms with Crippen LogP contribution in [0.15, 0.2) is 36.9 Å². The fourth-order valence-corrected chi connectivity index (χ4v) is 3.99. The van der Waals surface area contributed by atoms with Crippen LogP contribution in [0.4, 0.5) is 5.82 Å². The number of quaternary nitrogens is 1. The predicted molar refractivity (Wildman–Crippen MR) is 115 cm³/mol. The molecule has 0 bridgehead atoms. The summed E-state index contributed by atoms with van der Waals surface area (Å²) in [5.41, 5.74) is 5.83. The Morgan fingerprint density at radius 2 is 2.04 bits per heavy atom. The smallest absolute Gasteiger partial charge is 0.250 e. The van der Waals surface area contributed by atoms with Gasteiger partial charge in [-0.25, -0.2) is 0 Å². The highest BCUT2D eigenvalue weighted by Crippen LogP contribution is 2.26. The van der Waals surface area contributed by atoms with E-state index in [2.05, 4.69) is 53.3 Å². The Kier molecular flexibility index (Phi) is 6.33. The molecule has 0 fully saturated rings. The summed E-state index contributed by atoms with van der Waals surface area (Å²) in [5, 5.41) is 13.5. The molecule has 3 aromatic rings. The summed E-state index contributed by atoms with van der Waals surface area (Å²) in [7, 11) is 0. The minimum atomic E-state index is 0.700. The van der Waals surface area contributed by atoms with Crippen molar-refractivity contribution >= 4 is 22.5 Å². The molecule has 0 aliphatic rings. The molecule has 3 rings (SSSR count). The second kappa shape index (κ2) is 8.90. The van der Waals surface area contributed by atoms with Gasteiger partial charge in [-0.15, -0.1) is 6.58 Å². The third-order valence-corrected chi connectivity index (χ3v) is 5.66. The number of fused-ring (bicyclic) bond motifs is 3. The first-order chi connectivity index (χ1) is 13.7. The first-order valence-electron chi connectivity index (χ1n) is 10.2. The molecule has 0 radical (unpaired) electrons. The van der Waals surface area contributed by atoms with Crippen LogP contribution in [0.3, 0.4) is 0 Å². The number of allylic oxidation sites excluding steroid dienone is 1. The van der Waals surface area contributed by atoms with Crippen LogP contribution in [-0.2, 0) is 6.42 Å². The van der Waals surface area contributed by atoms with E-state index in [1.165, 1.54) is 0 Å². The number of anilines is 1. The van der Waals surface area contributed by atoms with Crippen molar-refractivity contribution in [2.75, 3.05) is 31.5 Å². The highest BCUT2D eigenvalue weighted by Gasteiger charge is 2.24. The minimum absolute atomic E-state index is 0.700. The number of aromatic amines is 1. The van der Waals surface area contributed by atoms with E-state index in [1.54, 1.807) is 4.90 Å². The first kappa shape index (κ1) is 19.9. The molecule has 2 aromatic heterocycles. The highest BCUT2D eigenvalue weighted by atomic mass is 15.1. The largest absolute Gasteiger partial charge is 0.335 e. The van der Waals surface area contributed by atoms with Crippen LogP contribution < -0.4 is 14.6 Å². The van der Waals surface area contributed by atoms with Gasteiger partial charge in [0.15, 0.2) is 0 Å². The highest BCUT2D eigenvalue weighted by molar-refractivity contribution is 5.78. The van der Waals surface area contributed by atoms with E-state index in [4.69, 9.17) is 0 Å². The second-order valence-corrected chi connectivity index (χ2v) is 7.25. The van der Waals surface area contributed by atoms with Gasteiger partial charge >= 0.3 is 0 Å². The number of benzene rings is 1. The summed E-state index contributed by atoms with van der Waals surface area (Å²) in [4.78, 5) is 5.06. The van der Waals surface area contributed by atoms with Gasteiger partial charge in [0, 0.05) is 12.0 Å². The van der Waals surface area contributed by atoms with E-state index in [-0.39, 0.29) is 0 Å². The summed E-state index contributed by atoms with van der Waals surface area (Å²) in [6.07, 6.45) is 3.75. The quantitative estimate of drug-likeness (QED) is 0.305. The van der Waals surface area contributed by atoms with Crippen LogP contribution in [-0.4, -0.2) is 31.2 Å². The average Bonchev–Trinajstić information content (AvgIpc) is 3.09. The van der Waals surface area contributed by atoms with Gasteiger partial charge in [0.2, 0.25) is 11.5 Å². The molecule has 5 heteroatoms. The van der Waals surface area contributed by atoms with Crippen LogP contribution in [0.25, 0.3) is 16.7 Å². The Bertz CT molecular complexity index is 1020. The third-order valence-electron chi connectivity index (χ3n) is 5.66. The summed E-state index contributed by atoms with van der Waals surface area (Å²) in [5.74, 6) is 1.07. The standard InChI is InChI=1S/C23H29N5/c1-5-11-18-17(4)19(16-24)23-26-20-12-8-9-13-21(20)28(23)22(18)25-14-10-15-27(6-2)7-3/h5,8-9,12-13H,1,6-7,10-11,14-15H2,2-4H3,(H,25,26)/p+2. The van der Waals surface area contributed by atoms with E-state index >= 15 is 0 Å². The number of hydrogen-bond acceptors (Lipinski definition) is 2. The lowest BCUT2D eigenvalue weighted by Crippen LogP contribution is -3.11. The molecule has 2 heterocycles. The lowest BCUT2D eigenvalue weighted by molar-refractivity contribution is -0.896. The number of aromatic nitrogens is 2. The molecule has 3 N–H and O–H groups in total. The molecular weight excluding hydrogens is 346 g/mol. The Hall–Kier alpha value is -2.84. The molecular formula is C23H31N5+2. The molecule has 0 amide bonds. The summed E-state index contributed by atoms with van der Waals surface area (Å²) < 4.78 is 2.17. The van der Waals surface area contributed by atoms with Crippen molar-refractivity contribution in [2.24, 2.45) is 0 Å². The van der Waals surface area contributed by atoms with E-state index < -0.39 is 0 Å². The molecule has 0 spiro atoms. The van der Waals surface area contributed by atoms with Crippen molar-refractivity contribution in [3.63, 3.8) is 0 Å². The molecule has 0 atom stereocenters. The molecule has 0 aliphatic carbocycles. The monoisotopic (exact) mass is 377 g/mol. The maximum atomic E-state index is 9.82. The number of hydrogen-bond donors (Lipinski definition) is 3. The number of H-pyrrole nitrogens is 1. The lowest BCUT2D eigenvalue weighted by Gasteiger charge is -2.16. The third kappa shape index (κ3) is 3.61. The minimum Gasteiger partial charge on any atom is -0.335 e. The lowest BCUT2D eigenvalue weighted by atomic mass is 10.0. The van der Waals surface area contributed by atoms with Crippen molar-refractivity contribution in [3.8, 4) is 6.07 Å². The Morgan fingerprint density at radius 1 is 1.29 bits per heavy atom. The number of nitrogens with one attached hydrogen (secondary N) is 3. The molecule has 146 valence electrons.